The van der Waals surface area contributed by atoms with Gasteiger partial charge in [0, 0.05) is 23.5 Å². The smallest absolute Gasteiger partial charge is 0.221 e. The molecule has 2 aromatic carbocycles. The molecule has 1 unspecified atom stereocenters. The van der Waals surface area contributed by atoms with Crippen LogP contribution in [0.2, 0.25) is 0 Å². The molecule has 4 rings (SSSR count). The van der Waals surface area contributed by atoms with Crippen LogP contribution in [0.3, 0.4) is 0 Å². The van der Waals surface area contributed by atoms with Crippen LogP contribution in [0, 0.1) is 6.92 Å². The second-order valence-corrected chi connectivity index (χ2v) is 6.55. The molecule has 0 saturated heterocycles. The summed E-state index contributed by atoms with van der Waals surface area (Å²) in [6, 6.07) is 17.5. The number of aromatic nitrogens is 4. The number of para-hydroxylation sites is 1. The number of benzene rings is 2. The molecule has 0 spiro atoms. The predicted octanol–water partition coefficient (Wildman–Crippen LogP) is 3.43. The van der Waals surface area contributed by atoms with Crippen molar-refractivity contribution in [1.29, 1.82) is 0 Å². The number of amides is 1. The van der Waals surface area contributed by atoms with Crippen molar-refractivity contribution in [2.24, 2.45) is 0 Å². The van der Waals surface area contributed by atoms with Gasteiger partial charge in [-0.05, 0) is 30.5 Å². The Bertz CT molecular complexity index is 1050. The average molecular weight is 359 g/mol. The molecule has 1 atom stereocenters. The lowest BCUT2D eigenvalue weighted by atomic mass is 10.0. The van der Waals surface area contributed by atoms with Crippen LogP contribution in [0.25, 0.3) is 10.9 Å². The van der Waals surface area contributed by atoms with E-state index in [2.05, 4.69) is 31.5 Å². The molecule has 3 N–H and O–H groups in total. The van der Waals surface area contributed by atoms with Gasteiger partial charge >= 0.3 is 0 Å². The topological polar surface area (TPSA) is 86.5 Å². The lowest BCUT2D eigenvalue weighted by Crippen LogP contribution is -2.30. The highest BCUT2D eigenvalue weighted by Gasteiger charge is 2.20. The minimum absolute atomic E-state index is 0.0309. The highest BCUT2D eigenvalue weighted by atomic mass is 16.1. The molecule has 0 fully saturated rings. The molecule has 6 heteroatoms. The summed E-state index contributed by atoms with van der Waals surface area (Å²) in [5.41, 5.74) is 3.19. The Morgan fingerprint density at radius 3 is 2.67 bits per heavy atom. The number of rotatable bonds is 6. The number of nitrogens with one attached hydrogen (secondary N) is 3. The van der Waals surface area contributed by atoms with Gasteiger partial charge in [-0.1, -0.05) is 48.5 Å². The Balaban J connectivity index is 1.48. The van der Waals surface area contributed by atoms with Gasteiger partial charge in [-0.2, -0.15) is 5.10 Å². The number of aryl methyl sites for hydroxylation is 2. The fraction of sp³-hybridized carbons (Fsp3) is 0.190. The van der Waals surface area contributed by atoms with Crippen LogP contribution in [0.5, 0.6) is 0 Å². The summed E-state index contributed by atoms with van der Waals surface area (Å²) in [5, 5.41) is 11.3. The number of carbonyl (C=O) groups excluding carboxylic acids is 1. The molecule has 6 nitrogen and oxygen atoms in total. The zero-order chi connectivity index (χ0) is 18.6. The fourth-order valence-corrected chi connectivity index (χ4v) is 3.25. The van der Waals surface area contributed by atoms with Gasteiger partial charge in [-0.25, -0.2) is 4.98 Å². The maximum Gasteiger partial charge on any atom is 0.221 e. The number of aromatic amines is 2. The molecule has 0 bridgehead atoms. The molecule has 0 aliphatic carbocycles. The molecule has 2 heterocycles. The van der Waals surface area contributed by atoms with Crippen LogP contribution in [0.15, 0.2) is 60.8 Å². The Labute approximate surface area is 157 Å². The van der Waals surface area contributed by atoms with E-state index < -0.39 is 0 Å². The SMILES string of the molecule is Cc1nc(C(NC(=O)CCc2c[nH]c3ccccc23)c2ccccc2)n[nH]1. The van der Waals surface area contributed by atoms with Crippen molar-refractivity contribution in [3.05, 3.63) is 83.6 Å². The third-order valence-corrected chi connectivity index (χ3v) is 4.61. The van der Waals surface area contributed by atoms with E-state index in [0.717, 1.165) is 27.9 Å². The van der Waals surface area contributed by atoms with Crippen molar-refractivity contribution in [3.63, 3.8) is 0 Å². The summed E-state index contributed by atoms with van der Waals surface area (Å²) < 4.78 is 0. The zero-order valence-electron chi connectivity index (χ0n) is 15.1. The van der Waals surface area contributed by atoms with Crippen LogP contribution >= 0.6 is 0 Å². The first kappa shape index (κ1) is 17.0. The summed E-state index contributed by atoms with van der Waals surface area (Å²) >= 11 is 0. The minimum Gasteiger partial charge on any atom is -0.361 e. The standard InChI is InChI=1S/C21H21N5O/c1-14-23-21(26-25-14)20(15-7-3-2-4-8-15)24-19(27)12-11-16-13-22-18-10-6-5-9-17(16)18/h2-10,13,20,22H,11-12H2,1H3,(H,24,27)(H,23,25,26). The van der Waals surface area contributed by atoms with Gasteiger partial charge in [0.2, 0.25) is 5.91 Å². The first-order chi connectivity index (χ1) is 13.2. The Hall–Kier alpha value is -3.41. The number of hydrogen-bond donors (Lipinski definition) is 3. The molecule has 4 aromatic rings. The number of carbonyl (C=O) groups is 1. The van der Waals surface area contributed by atoms with E-state index in [1.54, 1.807) is 0 Å². The first-order valence-corrected chi connectivity index (χ1v) is 8.99. The van der Waals surface area contributed by atoms with Crippen molar-refractivity contribution < 1.29 is 4.79 Å². The minimum atomic E-state index is -0.369. The highest BCUT2D eigenvalue weighted by molar-refractivity contribution is 5.84. The molecule has 136 valence electrons. The van der Waals surface area contributed by atoms with Gasteiger partial charge in [-0.3, -0.25) is 9.89 Å². The Morgan fingerprint density at radius 1 is 1.11 bits per heavy atom. The molecule has 1 amide bonds. The summed E-state index contributed by atoms with van der Waals surface area (Å²) in [5.74, 6) is 1.26. The zero-order valence-corrected chi connectivity index (χ0v) is 15.1. The van der Waals surface area contributed by atoms with Crippen molar-refractivity contribution in [2.45, 2.75) is 25.8 Å². The lowest BCUT2D eigenvalue weighted by Gasteiger charge is -2.16. The van der Waals surface area contributed by atoms with Gasteiger partial charge < -0.3 is 10.3 Å². The molecular weight excluding hydrogens is 338 g/mol. The van der Waals surface area contributed by atoms with Gasteiger partial charge in [0.15, 0.2) is 5.82 Å². The predicted molar refractivity (Wildman–Crippen MR) is 104 cm³/mol. The molecule has 2 aromatic heterocycles. The summed E-state index contributed by atoms with van der Waals surface area (Å²) in [7, 11) is 0. The van der Waals surface area contributed by atoms with E-state index in [1.807, 2.05) is 61.7 Å². The van der Waals surface area contributed by atoms with E-state index in [1.165, 1.54) is 0 Å². The van der Waals surface area contributed by atoms with Crippen LogP contribution < -0.4 is 5.32 Å². The molecule has 0 saturated carbocycles. The molecule has 0 aliphatic heterocycles. The molecule has 0 radical (unpaired) electrons. The van der Waals surface area contributed by atoms with Crippen molar-refractivity contribution >= 4 is 16.8 Å². The number of hydrogen-bond acceptors (Lipinski definition) is 3. The second-order valence-electron chi connectivity index (χ2n) is 6.55. The molecular formula is C21H21N5O. The number of H-pyrrole nitrogens is 2. The highest BCUT2D eigenvalue weighted by Crippen LogP contribution is 2.21. The number of fused-ring (bicyclic) bond motifs is 1. The maximum atomic E-state index is 12.7. The first-order valence-electron chi connectivity index (χ1n) is 8.99. The summed E-state index contributed by atoms with van der Waals surface area (Å²) in [6.07, 6.45) is 3.05. The fourth-order valence-electron chi connectivity index (χ4n) is 3.25. The second kappa shape index (κ2) is 7.45. The van der Waals surface area contributed by atoms with Gasteiger partial charge in [-0.15, -0.1) is 0 Å². The third kappa shape index (κ3) is 3.74. The molecule has 0 aliphatic rings. The monoisotopic (exact) mass is 359 g/mol. The van der Waals surface area contributed by atoms with Crippen molar-refractivity contribution in [2.75, 3.05) is 0 Å². The van der Waals surface area contributed by atoms with E-state index in [4.69, 9.17) is 0 Å². The van der Waals surface area contributed by atoms with Gasteiger partial charge in [0.1, 0.15) is 11.9 Å². The van der Waals surface area contributed by atoms with Gasteiger partial charge in [0.05, 0.1) is 0 Å². The van der Waals surface area contributed by atoms with E-state index in [-0.39, 0.29) is 11.9 Å². The van der Waals surface area contributed by atoms with Crippen LogP contribution in [-0.2, 0) is 11.2 Å². The normalized spacial score (nSPS) is 12.2. The quantitative estimate of drug-likeness (QED) is 0.493. The lowest BCUT2D eigenvalue weighted by molar-refractivity contribution is -0.121. The van der Waals surface area contributed by atoms with E-state index in [9.17, 15) is 4.79 Å². The molecule has 27 heavy (non-hydrogen) atoms. The van der Waals surface area contributed by atoms with Crippen LogP contribution in [0.1, 0.15) is 35.2 Å². The number of nitrogens with zero attached hydrogens (tertiary/aromatic N) is 2. The van der Waals surface area contributed by atoms with E-state index >= 15 is 0 Å². The maximum absolute atomic E-state index is 12.7. The average Bonchev–Trinajstić information content (AvgIpc) is 3.31. The van der Waals surface area contributed by atoms with Crippen LogP contribution in [-0.4, -0.2) is 26.1 Å². The van der Waals surface area contributed by atoms with Crippen LogP contribution in [0.4, 0.5) is 0 Å². The summed E-state index contributed by atoms with van der Waals surface area (Å²) in [4.78, 5) is 20.3. The van der Waals surface area contributed by atoms with E-state index in [0.29, 0.717) is 18.7 Å². The Morgan fingerprint density at radius 2 is 1.89 bits per heavy atom. The summed E-state index contributed by atoms with van der Waals surface area (Å²) in [6.45, 7) is 1.84. The van der Waals surface area contributed by atoms with Crippen molar-refractivity contribution in [1.82, 2.24) is 25.5 Å². The third-order valence-electron chi connectivity index (χ3n) is 4.61. The Kier molecular flexibility index (Phi) is 4.70. The van der Waals surface area contributed by atoms with Gasteiger partial charge in [0.25, 0.3) is 0 Å². The largest absolute Gasteiger partial charge is 0.361 e. The van der Waals surface area contributed by atoms with Crippen molar-refractivity contribution in [3.8, 4) is 0 Å².